The minimum Gasteiger partial charge on any atom is -0.507 e. The van der Waals surface area contributed by atoms with Gasteiger partial charge in [0.25, 0.3) is 11.7 Å². The van der Waals surface area contributed by atoms with Gasteiger partial charge in [-0.3, -0.25) is 9.59 Å². The third-order valence-corrected chi connectivity index (χ3v) is 5.18. The Hall–Kier alpha value is -3.32. The van der Waals surface area contributed by atoms with E-state index < -0.39 is 17.7 Å². The van der Waals surface area contributed by atoms with Gasteiger partial charge in [-0.05, 0) is 36.8 Å². The summed E-state index contributed by atoms with van der Waals surface area (Å²) in [5.41, 5.74) is 1.86. The molecule has 0 spiro atoms. The zero-order valence-electron chi connectivity index (χ0n) is 17.5. The molecule has 3 rings (SSSR count). The standard InChI is InChI=1S/C23H25NO6/c1-14-13-15(9-10-17(14)29-3)21(25)19-20(16-7-5-6-8-18(16)30-4)24(11-12-28-2)23(27)22(19)26/h5-10,13,20,25H,11-12H2,1-4H3/t20-/m1/s1. The number of hydrogen-bond donors (Lipinski definition) is 1. The molecule has 2 aromatic rings. The predicted molar refractivity (Wildman–Crippen MR) is 112 cm³/mol. The van der Waals surface area contributed by atoms with Crippen LogP contribution in [-0.4, -0.2) is 56.2 Å². The first kappa shape index (κ1) is 21.4. The van der Waals surface area contributed by atoms with Gasteiger partial charge in [-0.15, -0.1) is 0 Å². The molecule has 0 aromatic heterocycles. The molecule has 0 aliphatic carbocycles. The van der Waals surface area contributed by atoms with Crippen LogP contribution in [0.25, 0.3) is 5.76 Å². The SMILES string of the molecule is COCCN1C(=O)C(=O)C(=C(O)c2ccc(OC)c(C)c2)[C@H]1c1ccccc1OC. The molecule has 1 atom stereocenters. The van der Waals surface area contributed by atoms with E-state index in [1.807, 2.05) is 6.92 Å². The number of aliphatic hydroxyl groups excluding tert-OH is 1. The van der Waals surface area contributed by atoms with Gasteiger partial charge in [-0.25, -0.2) is 0 Å². The molecule has 1 N–H and O–H groups in total. The van der Waals surface area contributed by atoms with Gasteiger partial charge in [0.2, 0.25) is 0 Å². The molecule has 1 aliphatic rings. The Labute approximate surface area is 175 Å². The average molecular weight is 411 g/mol. The average Bonchev–Trinajstić information content (AvgIpc) is 3.01. The molecule has 0 unspecified atom stereocenters. The molecular formula is C23H25NO6. The van der Waals surface area contributed by atoms with Gasteiger partial charge in [0.15, 0.2) is 0 Å². The van der Waals surface area contributed by atoms with Crippen molar-refractivity contribution in [3.63, 3.8) is 0 Å². The highest BCUT2D eigenvalue weighted by atomic mass is 16.5. The van der Waals surface area contributed by atoms with Crippen LogP contribution in [0.1, 0.15) is 22.7 Å². The molecule has 30 heavy (non-hydrogen) atoms. The zero-order valence-corrected chi connectivity index (χ0v) is 17.5. The molecule has 0 radical (unpaired) electrons. The van der Waals surface area contributed by atoms with Crippen LogP contribution in [0.5, 0.6) is 11.5 Å². The molecule has 2 aromatic carbocycles. The minimum absolute atomic E-state index is 0.0187. The summed E-state index contributed by atoms with van der Waals surface area (Å²) in [6.07, 6.45) is 0. The lowest BCUT2D eigenvalue weighted by Crippen LogP contribution is -2.32. The van der Waals surface area contributed by atoms with Crippen LogP contribution in [0.3, 0.4) is 0 Å². The lowest BCUT2D eigenvalue weighted by molar-refractivity contribution is -0.140. The Morgan fingerprint density at radius 3 is 2.37 bits per heavy atom. The van der Waals surface area contributed by atoms with Crippen LogP contribution in [0.4, 0.5) is 0 Å². The van der Waals surface area contributed by atoms with Crippen LogP contribution < -0.4 is 9.47 Å². The Kier molecular flexibility index (Phi) is 6.42. The van der Waals surface area contributed by atoms with Gasteiger partial charge in [0.05, 0.1) is 32.4 Å². The number of rotatable bonds is 7. The molecule has 7 heteroatoms. The fraction of sp³-hybridized carbons (Fsp3) is 0.304. The van der Waals surface area contributed by atoms with Crippen molar-refractivity contribution in [2.45, 2.75) is 13.0 Å². The normalized spacial score (nSPS) is 18.0. The summed E-state index contributed by atoms with van der Waals surface area (Å²) in [5.74, 6) is -0.491. The molecule has 1 heterocycles. The highest BCUT2D eigenvalue weighted by Crippen LogP contribution is 2.42. The van der Waals surface area contributed by atoms with Crippen molar-refractivity contribution in [3.8, 4) is 11.5 Å². The Morgan fingerprint density at radius 2 is 1.73 bits per heavy atom. The second-order valence-corrected chi connectivity index (χ2v) is 6.91. The van der Waals surface area contributed by atoms with Crippen LogP contribution >= 0.6 is 0 Å². The number of likely N-dealkylation sites (tertiary alicyclic amines) is 1. The number of ketones is 1. The number of para-hydroxylation sites is 1. The number of aliphatic hydroxyl groups is 1. The van der Waals surface area contributed by atoms with Crippen molar-refractivity contribution in [2.24, 2.45) is 0 Å². The third kappa shape index (κ3) is 3.76. The molecule has 0 saturated carbocycles. The van der Waals surface area contributed by atoms with Crippen molar-refractivity contribution in [3.05, 3.63) is 64.7 Å². The van der Waals surface area contributed by atoms with Crippen LogP contribution in [-0.2, 0) is 14.3 Å². The molecule has 1 saturated heterocycles. The molecule has 1 fully saturated rings. The van der Waals surface area contributed by atoms with E-state index >= 15 is 0 Å². The first-order valence-electron chi connectivity index (χ1n) is 9.49. The quantitative estimate of drug-likeness (QED) is 0.428. The monoisotopic (exact) mass is 411 g/mol. The summed E-state index contributed by atoms with van der Waals surface area (Å²) < 4.78 is 15.9. The van der Waals surface area contributed by atoms with Gasteiger partial charge in [-0.2, -0.15) is 0 Å². The van der Waals surface area contributed by atoms with E-state index in [2.05, 4.69) is 0 Å². The second-order valence-electron chi connectivity index (χ2n) is 6.91. The van der Waals surface area contributed by atoms with E-state index in [0.717, 1.165) is 5.56 Å². The van der Waals surface area contributed by atoms with Gasteiger partial charge in [0, 0.05) is 24.8 Å². The predicted octanol–water partition coefficient (Wildman–Crippen LogP) is 3.08. The van der Waals surface area contributed by atoms with Gasteiger partial charge in [-0.1, -0.05) is 18.2 Å². The lowest BCUT2D eigenvalue weighted by Gasteiger charge is -2.26. The molecule has 1 aliphatic heterocycles. The number of benzene rings is 2. The van der Waals surface area contributed by atoms with Gasteiger partial charge < -0.3 is 24.2 Å². The number of Topliss-reactive ketones (excluding diaryl/α,β-unsaturated/α-hetero) is 1. The highest BCUT2D eigenvalue weighted by Gasteiger charge is 2.46. The van der Waals surface area contributed by atoms with E-state index in [1.165, 1.54) is 19.1 Å². The van der Waals surface area contributed by atoms with Crippen molar-refractivity contribution in [1.82, 2.24) is 4.90 Å². The number of nitrogens with zero attached hydrogens (tertiary/aromatic N) is 1. The molecule has 158 valence electrons. The fourth-order valence-corrected chi connectivity index (χ4v) is 3.70. The number of methoxy groups -OCH3 is 3. The van der Waals surface area contributed by atoms with E-state index in [1.54, 1.807) is 49.6 Å². The summed E-state index contributed by atoms with van der Waals surface area (Å²) in [6, 6.07) is 11.4. The van der Waals surface area contributed by atoms with E-state index in [-0.39, 0.29) is 24.5 Å². The van der Waals surface area contributed by atoms with E-state index in [0.29, 0.717) is 22.6 Å². The zero-order chi connectivity index (χ0) is 21.8. The van der Waals surface area contributed by atoms with Crippen molar-refractivity contribution < 1.29 is 28.9 Å². The lowest BCUT2D eigenvalue weighted by atomic mass is 9.94. The topological polar surface area (TPSA) is 85.3 Å². The summed E-state index contributed by atoms with van der Waals surface area (Å²) >= 11 is 0. The third-order valence-electron chi connectivity index (χ3n) is 5.18. The van der Waals surface area contributed by atoms with Gasteiger partial charge in [0.1, 0.15) is 17.3 Å². The van der Waals surface area contributed by atoms with Crippen molar-refractivity contribution in [2.75, 3.05) is 34.5 Å². The summed E-state index contributed by atoms with van der Waals surface area (Å²) in [7, 11) is 4.60. The molecule has 7 nitrogen and oxygen atoms in total. The first-order valence-corrected chi connectivity index (χ1v) is 9.49. The summed E-state index contributed by atoms with van der Waals surface area (Å²) in [5, 5.41) is 11.1. The van der Waals surface area contributed by atoms with E-state index in [4.69, 9.17) is 14.2 Å². The number of carbonyl (C=O) groups excluding carboxylic acids is 2. The number of amides is 1. The van der Waals surface area contributed by atoms with Crippen LogP contribution in [0.2, 0.25) is 0 Å². The highest BCUT2D eigenvalue weighted by molar-refractivity contribution is 6.46. The van der Waals surface area contributed by atoms with Gasteiger partial charge >= 0.3 is 0 Å². The smallest absolute Gasteiger partial charge is 0.295 e. The maximum Gasteiger partial charge on any atom is 0.295 e. The largest absolute Gasteiger partial charge is 0.507 e. The number of ether oxygens (including phenoxy) is 3. The molecular weight excluding hydrogens is 386 g/mol. The summed E-state index contributed by atoms with van der Waals surface area (Å²) in [4.78, 5) is 27.2. The Bertz CT molecular complexity index is 997. The first-order chi connectivity index (χ1) is 14.4. The van der Waals surface area contributed by atoms with E-state index in [9.17, 15) is 14.7 Å². The number of carbonyl (C=O) groups is 2. The second kappa shape index (κ2) is 9.00. The maximum atomic E-state index is 13.0. The van der Waals surface area contributed by atoms with Crippen LogP contribution in [0.15, 0.2) is 48.0 Å². The number of aryl methyl sites for hydroxylation is 1. The molecule has 1 amide bonds. The number of hydrogen-bond acceptors (Lipinski definition) is 6. The van der Waals surface area contributed by atoms with Crippen molar-refractivity contribution >= 4 is 17.4 Å². The molecule has 0 bridgehead atoms. The Balaban J connectivity index is 2.21. The fourth-order valence-electron chi connectivity index (χ4n) is 3.70. The Morgan fingerprint density at radius 1 is 1.03 bits per heavy atom. The maximum absolute atomic E-state index is 13.0. The minimum atomic E-state index is -0.793. The van der Waals surface area contributed by atoms with Crippen molar-refractivity contribution in [1.29, 1.82) is 0 Å². The van der Waals surface area contributed by atoms with Crippen LogP contribution in [0, 0.1) is 6.92 Å². The summed E-state index contributed by atoms with van der Waals surface area (Å²) in [6.45, 7) is 2.28.